The number of hydrogen-bond acceptors (Lipinski definition) is 4. The summed E-state index contributed by atoms with van der Waals surface area (Å²) in [6.45, 7) is 3.94. The first-order chi connectivity index (χ1) is 6.88. The molecule has 0 aliphatic carbocycles. The molecular formula is C10H13N3O. The lowest BCUT2D eigenvalue weighted by Crippen LogP contribution is -2.11. The van der Waals surface area contributed by atoms with Gasteiger partial charge in [0.25, 0.3) is 0 Å². The lowest BCUT2D eigenvalue weighted by molar-refractivity contribution is 0.158. The highest BCUT2D eigenvalue weighted by Crippen LogP contribution is 2.08. The molecule has 0 spiro atoms. The highest BCUT2D eigenvalue weighted by atomic mass is 16.5. The van der Waals surface area contributed by atoms with Crippen LogP contribution in [0.3, 0.4) is 0 Å². The predicted octanol–water partition coefficient (Wildman–Crippen LogP) is 1.40. The van der Waals surface area contributed by atoms with Gasteiger partial charge >= 0.3 is 0 Å². The molecule has 0 aromatic carbocycles. The van der Waals surface area contributed by atoms with Crippen molar-refractivity contribution in [2.45, 2.75) is 6.92 Å². The van der Waals surface area contributed by atoms with Crippen LogP contribution >= 0.6 is 0 Å². The van der Waals surface area contributed by atoms with Gasteiger partial charge in [0.1, 0.15) is 11.9 Å². The molecule has 0 aliphatic heterocycles. The SMILES string of the molecule is CCOCCNc1ncccc1C#N. The van der Waals surface area contributed by atoms with Gasteiger partial charge < -0.3 is 10.1 Å². The lowest BCUT2D eigenvalue weighted by atomic mass is 10.3. The molecule has 1 aromatic rings. The zero-order valence-corrected chi connectivity index (χ0v) is 8.16. The fourth-order valence-corrected chi connectivity index (χ4v) is 1.02. The fourth-order valence-electron chi connectivity index (χ4n) is 1.02. The molecule has 1 heterocycles. The number of anilines is 1. The van der Waals surface area contributed by atoms with Crippen molar-refractivity contribution in [2.75, 3.05) is 25.1 Å². The molecule has 0 fully saturated rings. The van der Waals surface area contributed by atoms with Crippen molar-refractivity contribution in [1.82, 2.24) is 4.98 Å². The van der Waals surface area contributed by atoms with Crippen molar-refractivity contribution in [3.8, 4) is 6.07 Å². The van der Waals surface area contributed by atoms with Crippen LogP contribution in [0.2, 0.25) is 0 Å². The van der Waals surface area contributed by atoms with Crippen LogP contribution in [0.5, 0.6) is 0 Å². The summed E-state index contributed by atoms with van der Waals surface area (Å²) in [5.74, 6) is 0.620. The van der Waals surface area contributed by atoms with Crippen molar-refractivity contribution in [3.05, 3.63) is 23.9 Å². The molecule has 0 amide bonds. The van der Waals surface area contributed by atoms with E-state index < -0.39 is 0 Å². The van der Waals surface area contributed by atoms with Crippen molar-refractivity contribution >= 4 is 5.82 Å². The average molecular weight is 191 g/mol. The molecule has 4 nitrogen and oxygen atoms in total. The predicted molar refractivity (Wildman–Crippen MR) is 53.9 cm³/mol. The molecule has 0 saturated carbocycles. The van der Waals surface area contributed by atoms with E-state index in [-0.39, 0.29) is 0 Å². The fraction of sp³-hybridized carbons (Fsp3) is 0.400. The number of ether oxygens (including phenoxy) is 1. The molecule has 74 valence electrons. The van der Waals surface area contributed by atoms with E-state index >= 15 is 0 Å². The first-order valence-electron chi connectivity index (χ1n) is 4.55. The van der Waals surface area contributed by atoms with E-state index in [1.165, 1.54) is 0 Å². The van der Waals surface area contributed by atoms with Gasteiger partial charge in [0.05, 0.1) is 12.2 Å². The van der Waals surface area contributed by atoms with E-state index in [4.69, 9.17) is 10.00 Å². The highest BCUT2D eigenvalue weighted by molar-refractivity contribution is 5.50. The maximum Gasteiger partial charge on any atom is 0.143 e. The molecule has 1 aromatic heterocycles. The zero-order valence-electron chi connectivity index (χ0n) is 8.16. The van der Waals surface area contributed by atoms with Gasteiger partial charge in [-0.05, 0) is 19.1 Å². The summed E-state index contributed by atoms with van der Waals surface area (Å²) in [6.07, 6.45) is 1.66. The van der Waals surface area contributed by atoms with E-state index in [2.05, 4.69) is 16.4 Å². The Kier molecular flexibility index (Phi) is 4.45. The maximum absolute atomic E-state index is 8.76. The van der Waals surface area contributed by atoms with Gasteiger partial charge in [-0.25, -0.2) is 4.98 Å². The van der Waals surface area contributed by atoms with Crippen molar-refractivity contribution < 1.29 is 4.74 Å². The summed E-state index contributed by atoms with van der Waals surface area (Å²) in [4.78, 5) is 4.06. The molecule has 0 saturated heterocycles. The third-order valence-electron chi connectivity index (χ3n) is 1.67. The van der Waals surface area contributed by atoms with E-state index in [1.807, 2.05) is 6.92 Å². The van der Waals surface area contributed by atoms with Crippen LogP contribution in [0.25, 0.3) is 0 Å². The molecule has 0 atom stereocenters. The Morgan fingerprint density at radius 2 is 2.50 bits per heavy atom. The van der Waals surface area contributed by atoms with Crippen molar-refractivity contribution in [3.63, 3.8) is 0 Å². The van der Waals surface area contributed by atoms with Gasteiger partial charge in [-0.15, -0.1) is 0 Å². The number of rotatable bonds is 5. The van der Waals surface area contributed by atoms with Gasteiger partial charge in [-0.2, -0.15) is 5.26 Å². The first kappa shape index (κ1) is 10.5. The van der Waals surface area contributed by atoms with E-state index in [9.17, 15) is 0 Å². The highest BCUT2D eigenvalue weighted by Gasteiger charge is 1.99. The molecule has 1 rings (SSSR count). The maximum atomic E-state index is 8.76. The molecule has 0 unspecified atom stereocenters. The summed E-state index contributed by atoms with van der Waals surface area (Å²) in [5, 5.41) is 11.8. The number of hydrogen-bond donors (Lipinski definition) is 1. The Balaban J connectivity index is 2.46. The Bertz CT molecular complexity index is 319. The summed E-state index contributed by atoms with van der Waals surface area (Å²) in [5.41, 5.74) is 0.559. The van der Waals surface area contributed by atoms with Crippen LogP contribution in [-0.2, 0) is 4.74 Å². The lowest BCUT2D eigenvalue weighted by Gasteiger charge is -2.06. The topological polar surface area (TPSA) is 57.9 Å². The van der Waals surface area contributed by atoms with Crippen LogP contribution in [0.4, 0.5) is 5.82 Å². The van der Waals surface area contributed by atoms with Crippen molar-refractivity contribution in [1.29, 1.82) is 5.26 Å². The monoisotopic (exact) mass is 191 g/mol. The molecule has 1 N–H and O–H groups in total. The third-order valence-corrected chi connectivity index (χ3v) is 1.67. The van der Waals surface area contributed by atoms with Gasteiger partial charge in [0.15, 0.2) is 0 Å². The Morgan fingerprint density at radius 1 is 1.64 bits per heavy atom. The van der Waals surface area contributed by atoms with Gasteiger partial charge in [0.2, 0.25) is 0 Å². The second-order valence-electron chi connectivity index (χ2n) is 2.64. The standard InChI is InChI=1S/C10H13N3O/c1-2-14-7-6-13-10-9(8-11)4-3-5-12-10/h3-5H,2,6-7H2,1H3,(H,12,13). The van der Waals surface area contributed by atoms with Crippen LogP contribution in [0.15, 0.2) is 18.3 Å². The number of aromatic nitrogens is 1. The number of nitriles is 1. The Labute approximate surface area is 83.5 Å². The van der Waals surface area contributed by atoms with E-state index in [1.54, 1.807) is 18.3 Å². The second kappa shape index (κ2) is 5.95. The van der Waals surface area contributed by atoms with Crippen LogP contribution in [0.1, 0.15) is 12.5 Å². The van der Waals surface area contributed by atoms with E-state index in [0.717, 1.165) is 0 Å². The van der Waals surface area contributed by atoms with Gasteiger partial charge in [0, 0.05) is 19.3 Å². The number of nitrogens with zero attached hydrogens (tertiary/aromatic N) is 2. The van der Waals surface area contributed by atoms with Crippen molar-refractivity contribution in [2.24, 2.45) is 0 Å². The summed E-state index contributed by atoms with van der Waals surface area (Å²) < 4.78 is 5.16. The molecule has 4 heteroatoms. The quantitative estimate of drug-likeness (QED) is 0.715. The zero-order chi connectivity index (χ0) is 10.2. The molecule has 0 bridgehead atoms. The van der Waals surface area contributed by atoms with Crippen LogP contribution in [0, 0.1) is 11.3 Å². The first-order valence-corrected chi connectivity index (χ1v) is 4.55. The Morgan fingerprint density at radius 3 is 3.21 bits per heavy atom. The average Bonchev–Trinajstić information content (AvgIpc) is 2.25. The smallest absolute Gasteiger partial charge is 0.143 e. The minimum Gasteiger partial charge on any atom is -0.380 e. The molecule has 14 heavy (non-hydrogen) atoms. The minimum atomic E-state index is 0.559. The molecule has 0 radical (unpaired) electrons. The van der Waals surface area contributed by atoms with Crippen LogP contribution < -0.4 is 5.32 Å². The minimum absolute atomic E-state index is 0.559. The number of pyridine rings is 1. The van der Waals surface area contributed by atoms with Gasteiger partial charge in [-0.1, -0.05) is 0 Å². The summed E-state index contributed by atoms with van der Waals surface area (Å²) in [6, 6.07) is 5.55. The van der Waals surface area contributed by atoms with Crippen LogP contribution in [-0.4, -0.2) is 24.7 Å². The van der Waals surface area contributed by atoms with E-state index in [0.29, 0.717) is 31.1 Å². The second-order valence-corrected chi connectivity index (χ2v) is 2.64. The third kappa shape index (κ3) is 3.04. The summed E-state index contributed by atoms with van der Waals surface area (Å²) in [7, 11) is 0. The molecule has 0 aliphatic rings. The Hall–Kier alpha value is -1.60. The number of nitrogens with one attached hydrogen (secondary N) is 1. The summed E-state index contributed by atoms with van der Waals surface area (Å²) >= 11 is 0. The van der Waals surface area contributed by atoms with Gasteiger partial charge in [-0.3, -0.25) is 0 Å². The largest absolute Gasteiger partial charge is 0.380 e. The molecular weight excluding hydrogens is 178 g/mol. The normalized spacial score (nSPS) is 9.43.